The van der Waals surface area contributed by atoms with Crippen molar-refractivity contribution >= 4 is 5.91 Å². The van der Waals surface area contributed by atoms with Crippen molar-refractivity contribution in [3.05, 3.63) is 23.7 Å². The first-order valence-electron chi connectivity index (χ1n) is 6.47. The van der Waals surface area contributed by atoms with E-state index in [-0.39, 0.29) is 12.5 Å². The average Bonchev–Trinajstić information content (AvgIpc) is 2.71. The summed E-state index contributed by atoms with van der Waals surface area (Å²) in [6, 6.07) is 1.67. The Morgan fingerprint density at radius 3 is 2.72 bits per heavy atom. The van der Waals surface area contributed by atoms with Crippen LogP contribution in [0.5, 0.6) is 0 Å². The summed E-state index contributed by atoms with van der Waals surface area (Å²) >= 11 is 0. The van der Waals surface area contributed by atoms with E-state index < -0.39 is 0 Å². The molecule has 1 atom stereocenters. The lowest BCUT2D eigenvalue weighted by atomic mass is 9.94. The smallest absolute Gasteiger partial charge is 0.254 e. The highest BCUT2D eigenvalue weighted by atomic mass is 16.3. The second kappa shape index (κ2) is 7.21. The monoisotopic (exact) mass is 253 g/mol. The van der Waals surface area contributed by atoms with Gasteiger partial charge in [-0.1, -0.05) is 13.8 Å². The van der Waals surface area contributed by atoms with Crippen LogP contribution in [0.4, 0.5) is 0 Å². The van der Waals surface area contributed by atoms with Gasteiger partial charge in [0.1, 0.15) is 5.76 Å². The van der Waals surface area contributed by atoms with Gasteiger partial charge in [-0.25, -0.2) is 0 Å². The fourth-order valence-electron chi connectivity index (χ4n) is 2.11. The molecule has 4 nitrogen and oxygen atoms in total. The Hall–Kier alpha value is -1.29. The van der Waals surface area contributed by atoms with Crippen molar-refractivity contribution in [3.8, 4) is 0 Å². The lowest BCUT2D eigenvalue weighted by Gasteiger charge is -2.18. The molecule has 0 aromatic carbocycles. The fraction of sp³-hybridized carbons (Fsp3) is 0.643. The molecule has 1 amide bonds. The normalized spacial score (nSPS) is 12.7. The molecule has 0 spiro atoms. The van der Waals surface area contributed by atoms with E-state index in [4.69, 9.17) is 9.52 Å². The molecule has 0 aliphatic carbocycles. The molecule has 0 saturated heterocycles. The topological polar surface area (TPSA) is 62.5 Å². The van der Waals surface area contributed by atoms with Crippen molar-refractivity contribution in [2.24, 2.45) is 11.8 Å². The summed E-state index contributed by atoms with van der Waals surface area (Å²) in [5.41, 5.74) is 0.585. The predicted octanol–water partition coefficient (Wildman–Crippen LogP) is 2.36. The molecule has 2 N–H and O–H groups in total. The summed E-state index contributed by atoms with van der Waals surface area (Å²) in [4.78, 5) is 11.9. The minimum Gasteiger partial charge on any atom is -0.469 e. The number of aryl methyl sites for hydroxylation is 1. The van der Waals surface area contributed by atoms with Crippen molar-refractivity contribution in [2.45, 2.75) is 33.6 Å². The van der Waals surface area contributed by atoms with Crippen LogP contribution in [-0.2, 0) is 0 Å². The first-order chi connectivity index (χ1) is 8.54. The third-order valence-corrected chi connectivity index (χ3v) is 3.00. The molecule has 18 heavy (non-hydrogen) atoms. The number of aliphatic hydroxyl groups is 1. The Morgan fingerprint density at radius 2 is 2.22 bits per heavy atom. The minimum absolute atomic E-state index is 0.104. The Kier molecular flexibility index (Phi) is 5.92. The van der Waals surface area contributed by atoms with Gasteiger partial charge in [0.15, 0.2) is 0 Å². The van der Waals surface area contributed by atoms with Crippen LogP contribution in [0, 0.1) is 18.8 Å². The first kappa shape index (κ1) is 14.8. The number of rotatable bonds is 7. The van der Waals surface area contributed by atoms with E-state index in [0.717, 1.165) is 12.8 Å². The molecular weight excluding hydrogens is 230 g/mol. The Balaban J connectivity index is 2.46. The van der Waals surface area contributed by atoms with Crippen LogP contribution in [0.1, 0.15) is 42.8 Å². The molecule has 4 heteroatoms. The van der Waals surface area contributed by atoms with Crippen LogP contribution in [0.15, 0.2) is 16.7 Å². The summed E-state index contributed by atoms with van der Waals surface area (Å²) in [5, 5.41) is 11.9. The zero-order chi connectivity index (χ0) is 13.5. The maximum Gasteiger partial charge on any atom is 0.254 e. The number of aliphatic hydroxyl groups excluding tert-OH is 1. The number of carbonyl (C=O) groups excluding carboxylic acids is 1. The average molecular weight is 253 g/mol. The highest BCUT2D eigenvalue weighted by molar-refractivity contribution is 5.94. The van der Waals surface area contributed by atoms with Crippen molar-refractivity contribution in [3.63, 3.8) is 0 Å². The maximum absolute atomic E-state index is 11.9. The van der Waals surface area contributed by atoms with Crippen molar-refractivity contribution < 1.29 is 14.3 Å². The highest BCUT2D eigenvalue weighted by Crippen LogP contribution is 2.15. The molecule has 0 fully saturated rings. The molecule has 1 aromatic rings. The van der Waals surface area contributed by atoms with E-state index in [0.29, 0.717) is 29.7 Å². The Labute approximate surface area is 108 Å². The first-order valence-corrected chi connectivity index (χ1v) is 6.47. The summed E-state index contributed by atoms with van der Waals surface area (Å²) < 4.78 is 5.10. The number of hydrogen-bond acceptors (Lipinski definition) is 3. The maximum atomic E-state index is 11.9. The van der Waals surface area contributed by atoms with Crippen LogP contribution in [-0.4, -0.2) is 24.2 Å². The second-order valence-corrected chi connectivity index (χ2v) is 5.11. The molecule has 1 heterocycles. The molecule has 0 aliphatic rings. The van der Waals surface area contributed by atoms with Crippen molar-refractivity contribution in [1.29, 1.82) is 0 Å². The predicted molar refractivity (Wildman–Crippen MR) is 70.4 cm³/mol. The number of carbonyl (C=O) groups is 1. The van der Waals surface area contributed by atoms with Gasteiger partial charge in [-0.05, 0) is 37.7 Å². The molecule has 1 aromatic heterocycles. The van der Waals surface area contributed by atoms with Crippen LogP contribution < -0.4 is 5.32 Å². The van der Waals surface area contributed by atoms with Crippen LogP contribution in [0.2, 0.25) is 0 Å². The van der Waals surface area contributed by atoms with E-state index >= 15 is 0 Å². The van der Waals surface area contributed by atoms with E-state index in [2.05, 4.69) is 19.2 Å². The summed E-state index contributed by atoms with van der Waals surface area (Å²) in [7, 11) is 0. The van der Waals surface area contributed by atoms with Gasteiger partial charge in [-0.15, -0.1) is 0 Å². The largest absolute Gasteiger partial charge is 0.469 e. The Morgan fingerprint density at radius 1 is 1.50 bits per heavy atom. The van der Waals surface area contributed by atoms with Gasteiger partial charge in [0.2, 0.25) is 0 Å². The molecular formula is C14H23NO3. The van der Waals surface area contributed by atoms with E-state index in [9.17, 15) is 4.79 Å². The molecule has 1 rings (SSSR count). The minimum atomic E-state index is -0.104. The molecule has 0 bridgehead atoms. The third kappa shape index (κ3) is 4.53. The number of furan rings is 1. The lowest BCUT2D eigenvalue weighted by molar-refractivity contribution is 0.0940. The van der Waals surface area contributed by atoms with Gasteiger partial charge in [-0.3, -0.25) is 4.79 Å². The van der Waals surface area contributed by atoms with Gasteiger partial charge >= 0.3 is 0 Å². The zero-order valence-corrected chi connectivity index (χ0v) is 11.4. The molecule has 102 valence electrons. The SMILES string of the molecule is Cc1occc1C(=O)NCC(CCO)CC(C)C. The third-order valence-electron chi connectivity index (χ3n) is 3.00. The van der Waals surface area contributed by atoms with Crippen LogP contribution in [0.3, 0.4) is 0 Å². The fourth-order valence-corrected chi connectivity index (χ4v) is 2.11. The molecule has 0 saturated carbocycles. The summed E-state index contributed by atoms with van der Waals surface area (Å²) in [5.74, 6) is 1.42. The number of hydrogen-bond donors (Lipinski definition) is 2. The Bertz CT molecular complexity index is 371. The number of nitrogens with one attached hydrogen (secondary N) is 1. The van der Waals surface area contributed by atoms with Gasteiger partial charge in [0, 0.05) is 13.2 Å². The lowest BCUT2D eigenvalue weighted by Crippen LogP contribution is -2.30. The van der Waals surface area contributed by atoms with E-state index in [1.165, 1.54) is 6.26 Å². The standard InChI is InChI=1S/C14H23NO3/c1-10(2)8-12(4-6-16)9-15-14(17)13-5-7-18-11(13)3/h5,7,10,12,16H,4,6,8-9H2,1-3H3,(H,15,17). The van der Waals surface area contributed by atoms with E-state index in [1.807, 2.05) is 0 Å². The number of amides is 1. The quantitative estimate of drug-likeness (QED) is 0.784. The zero-order valence-electron chi connectivity index (χ0n) is 11.4. The van der Waals surface area contributed by atoms with Crippen molar-refractivity contribution in [2.75, 3.05) is 13.2 Å². The molecule has 1 unspecified atom stereocenters. The van der Waals surface area contributed by atoms with Crippen LogP contribution in [0.25, 0.3) is 0 Å². The van der Waals surface area contributed by atoms with Gasteiger partial charge < -0.3 is 14.8 Å². The summed E-state index contributed by atoms with van der Waals surface area (Å²) in [6.07, 6.45) is 3.25. The highest BCUT2D eigenvalue weighted by Gasteiger charge is 2.15. The van der Waals surface area contributed by atoms with Crippen LogP contribution >= 0.6 is 0 Å². The molecule has 0 aliphatic heterocycles. The van der Waals surface area contributed by atoms with Gasteiger partial charge in [0.25, 0.3) is 5.91 Å². The second-order valence-electron chi connectivity index (χ2n) is 5.11. The summed E-state index contributed by atoms with van der Waals surface area (Å²) in [6.45, 7) is 6.83. The van der Waals surface area contributed by atoms with Gasteiger partial charge in [-0.2, -0.15) is 0 Å². The van der Waals surface area contributed by atoms with Gasteiger partial charge in [0.05, 0.1) is 11.8 Å². The molecule has 0 radical (unpaired) electrons. The van der Waals surface area contributed by atoms with E-state index in [1.54, 1.807) is 13.0 Å². The van der Waals surface area contributed by atoms with Crippen molar-refractivity contribution in [1.82, 2.24) is 5.32 Å².